The fourth-order valence-electron chi connectivity index (χ4n) is 1.20. The minimum absolute atomic E-state index is 0.418. The Labute approximate surface area is 76.9 Å². The van der Waals surface area contributed by atoms with Crippen LogP contribution < -0.4 is 5.82 Å². The monoisotopic (exact) mass is 185 g/mol. The predicted molar refractivity (Wildman–Crippen MR) is 47.5 cm³/mol. The van der Waals surface area contributed by atoms with Gasteiger partial charge in [0.25, 0.3) is 0 Å². The van der Waals surface area contributed by atoms with Gasteiger partial charge in [0.05, 0.1) is 0 Å². The van der Waals surface area contributed by atoms with Crippen LogP contribution in [-0.4, -0.2) is 5.16 Å². The van der Waals surface area contributed by atoms with E-state index in [2.05, 4.69) is 21.0 Å². The van der Waals surface area contributed by atoms with Gasteiger partial charge in [-0.2, -0.15) is 0 Å². The Hall–Kier alpha value is -1.06. The minimum atomic E-state index is -0.705. The van der Waals surface area contributed by atoms with Crippen LogP contribution in [0.3, 0.4) is 0 Å². The molecule has 0 aliphatic carbocycles. The summed E-state index contributed by atoms with van der Waals surface area (Å²) in [6.07, 6.45) is 6.61. The Morgan fingerprint density at radius 2 is 2.00 bits per heavy atom. The summed E-state index contributed by atoms with van der Waals surface area (Å²) in [4.78, 5) is 10.4. The lowest BCUT2D eigenvalue weighted by Crippen LogP contribution is -1.88. The first-order valence-electron chi connectivity index (χ1n) is 4.78. The molecule has 0 aliphatic rings. The van der Waals surface area contributed by atoms with Crippen molar-refractivity contribution >= 4 is 0 Å². The van der Waals surface area contributed by atoms with Crippen LogP contribution in [-0.2, 0) is 6.42 Å². The summed E-state index contributed by atoms with van der Waals surface area (Å²) in [5.74, 6) is -0.287. The van der Waals surface area contributed by atoms with Gasteiger partial charge in [0, 0.05) is 6.42 Å². The number of nitrogens with zero attached hydrogens (tertiary/aromatic N) is 1. The molecule has 1 heterocycles. The molecule has 0 saturated heterocycles. The second-order valence-electron chi connectivity index (χ2n) is 3.09. The third-order valence-corrected chi connectivity index (χ3v) is 1.92. The van der Waals surface area contributed by atoms with Crippen molar-refractivity contribution in [1.29, 1.82) is 0 Å². The molecule has 4 heteroatoms. The normalized spacial score (nSPS) is 10.5. The molecule has 1 aromatic heterocycles. The van der Waals surface area contributed by atoms with Crippen molar-refractivity contribution in [3.8, 4) is 0 Å². The van der Waals surface area contributed by atoms with Gasteiger partial charge in [-0.25, -0.2) is 4.79 Å². The van der Waals surface area contributed by atoms with Crippen molar-refractivity contribution in [2.24, 2.45) is 0 Å². The number of aromatic nitrogens is 1. The SMILES string of the molecule is CCCCCCCc1noc(=O)o1. The first-order valence-corrected chi connectivity index (χ1v) is 4.78. The largest absolute Gasteiger partial charge is 0.542 e. The summed E-state index contributed by atoms with van der Waals surface area (Å²) < 4.78 is 8.93. The quantitative estimate of drug-likeness (QED) is 0.637. The van der Waals surface area contributed by atoms with Crippen LogP contribution in [0.2, 0.25) is 0 Å². The molecule has 0 amide bonds. The van der Waals surface area contributed by atoms with Gasteiger partial charge in [0.15, 0.2) is 0 Å². The molecular formula is C9H15NO3. The van der Waals surface area contributed by atoms with Crippen molar-refractivity contribution in [3.05, 3.63) is 16.5 Å². The number of unbranched alkanes of at least 4 members (excludes halogenated alkanes) is 4. The van der Waals surface area contributed by atoms with E-state index in [1.807, 2.05) is 0 Å². The van der Waals surface area contributed by atoms with Crippen LogP contribution in [0, 0.1) is 0 Å². The topological polar surface area (TPSA) is 56.2 Å². The second kappa shape index (κ2) is 5.56. The lowest BCUT2D eigenvalue weighted by Gasteiger charge is -1.95. The molecule has 0 aromatic carbocycles. The fourth-order valence-corrected chi connectivity index (χ4v) is 1.20. The summed E-state index contributed by atoms with van der Waals surface area (Å²) in [7, 11) is 0. The van der Waals surface area contributed by atoms with E-state index in [1.165, 1.54) is 19.3 Å². The van der Waals surface area contributed by atoms with E-state index in [4.69, 9.17) is 0 Å². The van der Waals surface area contributed by atoms with Gasteiger partial charge in [-0.05, 0) is 11.6 Å². The van der Waals surface area contributed by atoms with Crippen LogP contribution >= 0.6 is 0 Å². The fraction of sp³-hybridized carbons (Fsp3) is 0.778. The highest BCUT2D eigenvalue weighted by Crippen LogP contribution is 2.05. The van der Waals surface area contributed by atoms with Gasteiger partial charge >= 0.3 is 5.82 Å². The first-order chi connectivity index (χ1) is 6.33. The Balaban J connectivity index is 2.09. The Kier molecular flexibility index (Phi) is 4.29. The van der Waals surface area contributed by atoms with Crippen LogP contribution in [0.1, 0.15) is 44.9 Å². The van der Waals surface area contributed by atoms with E-state index >= 15 is 0 Å². The van der Waals surface area contributed by atoms with E-state index in [0.717, 1.165) is 12.8 Å². The summed E-state index contributed by atoms with van der Waals surface area (Å²) in [5, 5.41) is 3.48. The summed E-state index contributed by atoms with van der Waals surface area (Å²) >= 11 is 0. The average Bonchev–Trinajstić information content (AvgIpc) is 2.51. The van der Waals surface area contributed by atoms with Gasteiger partial charge in [0.1, 0.15) is 0 Å². The highest BCUT2D eigenvalue weighted by molar-refractivity contribution is 4.70. The van der Waals surface area contributed by atoms with Crippen molar-refractivity contribution in [2.45, 2.75) is 45.4 Å². The van der Waals surface area contributed by atoms with Crippen molar-refractivity contribution < 1.29 is 8.94 Å². The molecule has 0 aliphatic heterocycles. The van der Waals surface area contributed by atoms with E-state index in [1.54, 1.807) is 0 Å². The van der Waals surface area contributed by atoms with Crippen LogP contribution in [0.25, 0.3) is 0 Å². The van der Waals surface area contributed by atoms with E-state index in [0.29, 0.717) is 12.3 Å². The zero-order chi connectivity index (χ0) is 9.52. The molecule has 0 saturated carbocycles. The molecular weight excluding hydrogens is 170 g/mol. The predicted octanol–water partition coefficient (Wildman–Crippen LogP) is 2.14. The minimum Gasteiger partial charge on any atom is -0.375 e. The standard InChI is InChI=1S/C9H15NO3/c1-2-3-4-5-6-7-8-10-13-9(11)12-8/h2-7H2,1H3. The highest BCUT2D eigenvalue weighted by Gasteiger charge is 2.01. The van der Waals surface area contributed by atoms with Gasteiger partial charge in [-0.3, -0.25) is 4.52 Å². The molecule has 0 radical (unpaired) electrons. The molecule has 0 fully saturated rings. The Morgan fingerprint density at radius 3 is 2.62 bits per heavy atom. The van der Waals surface area contributed by atoms with Crippen molar-refractivity contribution in [1.82, 2.24) is 5.16 Å². The van der Waals surface area contributed by atoms with Gasteiger partial charge in [-0.15, -0.1) is 0 Å². The molecule has 0 spiro atoms. The molecule has 1 rings (SSSR count). The summed E-state index contributed by atoms with van der Waals surface area (Å²) in [5.41, 5.74) is 0. The lowest BCUT2D eigenvalue weighted by molar-refractivity contribution is 0.334. The molecule has 1 aromatic rings. The zero-order valence-electron chi connectivity index (χ0n) is 7.91. The highest BCUT2D eigenvalue weighted by atomic mass is 16.6. The smallest absolute Gasteiger partial charge is 0.375 e. The number of rotatable bonds is 6. The second-order valence-corrected chi connectivity index (χ2v) is 3.09. The number of aryl methyl sites for hydroxylation is 1. The molecule has 13 heavy (non-hydrogen) atoms. The first kappa shape index (κ1) is 10.0. The van der Waals surface area contributed by atoms with Crippen molar-refractivity contribution in [3.63, 3.8) is 0 Å². The molecule has 0 atom stereocenters. The van der Waals surface area contributed by atoms with Crippen molar-refractivity contribution in [2.75, 3.05) is 0 Å². The van der Waals surface area contributed by atoms with E-state index in [-0.39, 0.29) is 0 Å². The lowest BCUT2D eigenvalue weighted by atomic mass is 10.1. The summed E-state index contributed by atoms with van der Waals surface area (Å²) in [6, 6.07) is 0. The maximum atomic E-state index is 10.4. The maximum Gasteiger partial charge on any atom is 0.542 e. The molecule has 0 unspecified atom stereocenters. The zero-order valence-corrected chi connectivity index (χ0v) is 7.91. The average molecular weight is 185 g/mol. The third kappa shape index (κ3) is 3.92. The number of hydrogen-bond donors (Lipinski definition) is 0. The van der Waals surface area contributed by atoms with Crippen LogP contribution in [0.5, 0.6) is 0 Å². The van der Waals surface area contributed by atoms with Gasteiger partial charge < -0.3 is 4.42 Å². The molecule has 0 bridgehead atoms. The van der Waals surface area contributed by atoms with Gasteiger partial charge in [0.2, 0.25) is 5.89 Å². The van der Waals surface area contributed by atoms with E-state index in [9.17, 15) is 4.79 Å². The molecule has 4 nitrogen and oxygen atoms in total. The van der Waals surface area contributed by atoms with Crippen LogP contribution in [0.4, 0.5) is 0 Å². The summed E-state index contributed by atoms with van der Waals surface area (Å²) in [6.45, 7) is 2.18. The van der Waals surface area contributed by atoms with Gasteiger partial charge in [-0.1, -0.05) is 32.6 Å². The Bertz CT molecular complexity index is 276. The van der Waals surface area contributed by atoms with Crippen LogP contribution in [0.15, 0.2) is 13.7 Å². The third-order valence-electron chi connectivity index (χ3n) is 1.92. The molecule has 74 valence electrons. The maximum absolute atomic E-state index is 10.4. The molecule has 0 N–H and O–H groups in total. The number of hydrogen-bond acceptors (Lipinski definition) is 4. The Morgan fingerprint density at radius 1 is 1.23 bits per heavy atom. The van der Waals surface area contributed by atoms with E-state index < -0.39 is 5.82 Å².